The van der Waals surface area contributed by atoms with Gasteiger partial charge >= 0.3 is 0 Å². The van der Waals surface area contributed by atoms with Gasteiger partial charge in [-0.25, -0.2) is 0 Å². The molecule has 2 N–H and O–H groups in total. The maximum atomic E-state index is 5.38. The summed E-state index contributed by atoms with van der Waals surface area (Å²) in [7, 11) is 3.20. The molecule has 7 nitrogen and oxygen atoms in total. The number of hydrogen-bond donors (Lipinski definition) is 2. The van der Waals surface area contributed by atoms with Crippen LogP contribution in [0.25, 0.3) is 0 Å². The topological polar surface area (TPSA) is 81.2 Å². The van der Waals surface area contributed by atoms with Crippen molar-refractivity contribution in [3.63, 3.8) is 0 Å². The van der Waals surface area contributed by atoms with Crippen molar-refractivity contribution in [2.75, 3.05) is 24.9 Å². The van der Waals surface area contributed by atoms with E-state index in [0.717, 1.165) is 11.4 Å². The number of benzene rings is 2. The van der Waals surface area contributed by atoms with Crippen LogP contribution in [-0.4, -0.2) is 29.4 Å². The van der Waals surface area contributed by atoms with Crippen LogP contribution >= 0.6 is 0 Å². The van der Waals surface area contributed by atoms with Gasteiger partial charge in [0.1, 0.15) is 11.5 Å². The Balaban J connectivity index is 1.81. The number of anilines is 4. The van der Waals surface area contributed by atoms with Gasteiger partial charge in [0.25, 0.3) is 0 Å². The molecule has 0 fully saturated rings. The third-order valence-electron chi connectivity index (χ3n) is 3.71. The Morgan fingerprint density at radius 3 is 2.35 bits per heavy atom. The number of methoxy groups -OCH3 is 2. The predicted octanol–water partition coefficient (Wildman–Crippen LogP) is 3.99. The van der Waals surface area contributed by atoms with Crippen molar-refractivity contribution < 1.29 is 9.47 Å². The molecule has 1 aromatic heterocycles. The van der Waals surface area contributed by atoms with Gasteiger partial charge in [0.2, 0.25) is 5.95 Å². The van der Waals surface area contributed by atoms with Gasteiger partial charge in [0.15, 0.2) is 5.82 Å². The summed E-state index contributed by atoms with van der Waals surface area (Å²) in [5, 5.41) is 14.4. The Morgan fingerprint density at radius 2 is 1.65 bits per heavy atom. The second-order valence-electron chi connectivity index (χ2n) is 5.86. The zero-order valence-electron chi connectivity index (χ0n) is 15.2. The van der Waals surface area contributed by atoms with E-state index < -0.39 is 0 Å². The molecular weight excluding hydrogens is 330 g/mol. The Hall–Kier alpha value is -3.35. The van der Waals surface area contributed by atoms with Crippen LogP contribution in [0.4, 0.5) is 23.1 Å². The van der Waals surface area contributed by atoms with E-state index in [0.29, 0.717) is 23.3 Å². The fourth-order valence-corrected chi connectivity index (χ4v) is 2.63. The average Bonchev–Trinajstić information content (AvgIpc) is 2.61. The van der Waals surface area contributed by atoms with Gasteiger partial charge in [-0.15, -0.1) is 5.10 Å². The first kappa shape index (κ1) is 17.5. The Bertz CT molecular complexity index is 894. The molecule has 0 amide bonds. The van der Waals surface area contributed by atoms with Crippen LogP contribution in [0.1, 0.15) is 11.1 Å². The maximum absolute atomic E-state index is 5.38. The zero-order chi connectivity index (χ0) is 18.5. The number of rotatable bonds is 6. The lowest BCUT2D eigenvalue weighted by molar-refractivity contribution is 0.395. The number of ether oxygens (including phenoxy) is 2. The molecule has 0 saturated carbocycles. The standard InChI is InChI=1S/C19H21N5O2/c1-12-7-13(2)9-14(8-12)21-18-11-20-24-19(23-18)22-16-6-5-15(25-3)10-17(16)26-4/h5-11H,1-4H3,(H2,21,22,23,24). The molecule has 0 aliphatic rings. The molecule has 0 unspecified atom stereocenters. The minimum absolute atomic E-state index is 0.364. The molecule has 0 saturated heterocycles. The van der Waals surface area contributed by atoms with Crippen molar-refractivity contribution >= 4 is 23.1 Å². The molecule has 7 heteroatoms. The van der Waals surface area contributed by atoms with Crippen molar-refractivity contribution in [3.8, 4) is 11.5 Å². The van der Waals surface area contributed by atoms with Crippen LogP contribution in [0.3, 0.4) is 0 Å². The predicted molar refractivity (Wildman–Crippen MR) is 102 cm³/mol. The lowest BCUT2D eigenvalue weighted by atomic mass is 10.1. The van der Waals surface area contributed by atoms with Crippen molar-refractivity contribution in [1.82, 2.24) is 15.2 Å². The molecule has 3 aromatic rings. The molecular formula is C19H21N5O2. The third kappa shape index (κ3) is 4.18. The molecule has 3 rings (SSSR count). The quantitative estimate of drug-likeness (QED) is 0.695. The molecule has 0 bridgehead atoms. The minimum Gasteiger partial charge on any atom is -0.497 e. The van der Waals surface area contributed by atoms with E-state index in [-0.39, 0.29) is 0 Å². The first-order valence-corrected chi connectivity index (χ1v) is 8.11. The second-order valence-corrected chi connectivity index (χ2v) is 5.86. The summed E-state index contributed by atoms with van der Waals surface area (Å²) >= 11 is 0. The van der Waals surface area contributed by atoms with Crippen LogP contribution in [0.15, 0.2) is 42.6 Å². The largest absolute Gasteiger partial charge is 0.497 e. The summed E-state index contributed by atoms with van der Waals surface area (Å²) < 4.78 is 10.6. The number of hydrogen-bond acceptors (Lipinski definition) is 7. The SMILES string of the molecule is COc1ccc(Nc2nncc(Nc3cc(C)cc(C)c3)n2)c(OC)c1. The van der Waals surface area contributed by atoms with Gasteiger partial charge in [-0.1, -0.05) is 6.07 Å². The molecule has 26 heavy (non-hydrogen) atoms. The summed E-state index contributed by atoms with van der Waals surface area (Å²) in [4.78, 5) is 4.46. The fraction of sp³-hybridized carbons (Fsp3) is 0.211. The van der Waals surface area contributed by atoms with Crippen LogP contribution < -0.4 is 20.1 Å². The van der Waals surface area contributed by atoms with Gasteiger partial charge in [-0.2, -0.15) is 10.1 Å². The van der Waals surface area contributed by atoms with E-state index in [2.05, 4.69) is 57.9 Å². The normalized spacial score (nSPS) is 10.3. The van der Waals surface area contributed by atoms with Crippen molar-refractivity contribution in [2.24, 2.45) is 0 Å². The van der Waals surface area contributed by atoms with Crippen LogP contribution in [-0.2, 0) is 0 Å². The fourth-order valence-electron chi connectivity index (χ4n) is 2.63. The van der Waals surface area contributed by atoms with Gasteiger partial charge < -0.3 is 20.1 Å². The number of aromatic nitrogens is 3. The van der Waals surface area contributed by atoms with Crippen molar-refractivity contribution in [3.05, 3.63) is 53.7 Å². The van der Waals surface area contributed by atoms with Gasteiger partial charge in [0, 0.05) is 11.8 Å². The molecule has 0 spiro atoms. The van der Waals surface area contributed by atoms with Gasteiger partial charge in [0.05, 0.1) is 26.1 Å². The molecule has 0 aliphatic carbocycles. The molecule has 134 valence electrons. The van der Waals surface area contributed by atoms with E-state index in [9.17, 15) is 0 Å². The van der Waals surface area contributed by atoms with Crippen LogP contribution in [0.5, 0.6) is 11.5 Å². The number of aryl methyl sites for hydroxylation is 2. The molecule has 0 radical (unpaired) electrons. The van der Waals surface area contributed by atoms with Gasteiger partial charge in [-0.05, 0) is 49.2 Å². The summed E-state index contributed by atoms with van der Waals surface area (Å²) in [5.41, 5.74) is 4.03. The van der Waals surface area contributed by atoms with Crippen molar-refractivity contribution in [2.45, 2.75) is 13.8 Å². The summed E-state index contributed by atoms with van der Waals surface area (Å²) in [6.07, 6.45) is 1.58. The smallest absolute Gasteiger partial charge is 0.249 e. The Kier molecular flexibility index (Phi) is 5.17. The van der Waals surface area contributed by atoms with E-state index in [1.807, 2.05) is 12.1 Å². The Morgan fingerprint density at radius 1 is 0.885 bits per heavy atom. The number of nitrogens with zero attached hydrogens (tertiary/aromatic N) is 3. The van der Waals surface area contributed by atoms with Gasteiger partial charge in [-0.3, -0.25) is 0 Å². The highest BCUT2D eigenvalue weighted by molar-refractivity contribution is 5.65. The monoisotopic (exact) mass is 351 g/mol. The van der Waals surface area contributed by atoms with Crippen molar-refractivity contribution in [1.29, 1.82) is 0 Å². The first-order chi connectivity index (χ1) is 12.6. The highest BCUT2D eigenvalue weighted by Gasteiger charge is 2.08. The average molecular weight is 351 g/mol. The van der Waals surface area contributed by atoms with E-state index in [1.54, 1.807) is 26.5 Å². The third-order valence-corrected chi connectivity index (χ3v) is 3.71. The zero-order valence-corrected chi connectivity index (χ0v) is 15.2. The lowest BCUT2D eigenvalue weighted by Gasteiger charge is -2.12. The first-order valence-electron chi connectivity index (χ1n) is 8.11. The second kappa shape index (κ2) is 7.69. The summed E-state index contributed by atoms with van der Waals surface area (Å²) in [6, 6.07) is 11.7. The maximum Gasteiger partial charge on any atom is 0.249 e. The van der Waals surface area contributed by atoms with E-state index in [1.165, 1.54) is 11.1 Å². The van der Waals surface area contributed by atoms with E-state index >= 15 is 0 Å². The summed E-state index contributed by atoms with van der Waals surface area (Å²) in [6.45, 7) is 4.11. The molecule has 1 heterocycles. The van der Waals surface area contributed by atoms with Crippen LogP contribution in [0, 0.1) is 13.8 Å². The lowest BCUT2D eigenvalue weighted by Crippen LogP contribution is -2.03. The highest BCUT2D eigenvalue weighted by atomic mass is 16.5. The van der Waals surface area contributed by atoms with Crippen LogP contribution in [0.2, 0.25) is 0 Å². The number of nitrogens with one attached hydrogen (secondary N) is 2. The van der Waals surface area contributed by atoms with E-state index in [4.69, 9.17) is 9.47 Å². The molecule has 0 atom stereocenters. The minimum atomic E-state index is 0.364. The summed E-state index contributed by atoms with van der Waals surface area (Å²) in [5.74, 6) is 2.29. The Labute approximate surface area is 152 Å². The molecule has 2 aromatic carbocycles. The molecule has 0 aliphatic heterocycles. The highest BCUT2D eigenvalue weighted by Crippen LogP contribution is 2.30.